The molecule has 0 spiro atoms. The zero-order valence-corrected chi connectivity index (χ0v) is 8.35. The molecule has 1 fully saturated rings. The summed E-state index contributed by atoms with van der Waals surface area (Å²) in [5.74, 6) is 3.96. The van der Waals surface area contributed by atoms with Gasteiger partial charge in [-0.1, -0.05) is 0 Å². The highest BCUT2D eigenvalue weighted by molar-refractivity contribution is 8.06. The maximum absolute atomic E-state index is 5.37. The van der Waals surface area contributed by atoms with Crippen LogP contribution in [0.2, 0.25) is 0 Å². The summed E-state index contributed by atoms with van der Waals surface area (Å²) in [5.41, 5.74) is 5.37. The summed E-state index contributed by atoms with van der Waals surface area (Å²) in [6, 6.07) is 0. The van der Waals surface area contributed by atoms with Gasteiger partial charge in [-0.05, 0) is 0 Å². The Morgan fingerprint density at radius 1 is 1.45 bits per heavy atom. The second-order valence-electron chi connectivity index (χ2n) is 2.56. The molecular formula is C7H16N2S2. The normalized spacial score (nSPS) is 25.4. The Morgan fingerprint density at radius 2 is 2.36 bits per heavy atom. The van der Waals surface area contributed by atoms with Gasteiger partial charge in [0.25, 0.3) is 0 Å². The summed E-state index contributed by atoms with van der Waals surface area (Å²) in [7, 11) is 0. The molecule has 1 unspecified atom stereocenters. The maximum Gasteiger partial charge on any atom is 0.0263 e. The van der Waals surface area contributed by atoms with E-state index in [4.69, 9.17) is 5.73 Å². The first-order valence-electron chi connectivity index (χ1n) is 4.03. The minimum Gasteiger partial charge on any atom is -0.329 e. The summed E-state index contributed by atoms with van der Waals surface area (Å²) in [6.45, 7) is 2.85. The van der Waals surface area contributed by atoms with Crippen LogP contribution in [-0.2, 0) is 0 Å². The van der Waals surface area contributed by atoms with E-state index in [1.165, 1.54) is 17.3 Å². The second-order valence-corrected chi connectivity index (χ2v) is 5.12. The SMILES string of the molecule is NCCNCC1CSCCS1. The Hall–Kier alpha value is 0.620. The molecule has 4 heteroatoms. The van der Waals surface area contributed by atoms with Crippen LogP contribution in [0.3, 0.4) is 0 Å². The molecule has 66 valence electrons. The van der Waals surface area contributed by atoms with E-state index >= 15 is 0 Å². The van der Waals surface area contributed by atoms with E-state index in [2.05, 4.69) is 28.8 Å². The van der Waals surface area contributed by atoms with Crippen molar-refractivity contribution < 1.29 is 0 Å². The molecular weight excluding hydrogens is 176 g/mol. The van der Waals surface area contributed by atoms with Gasteiger partial charge in [0, 0.05) is 42.1 Å². The Morgan fingerprint density at radius 3 is 3.00 bits per heavy atom. The summed E-state index contributed by atoms with van der Waals surface area (Å²) in [5, 5.41) is 4.17. The maximum atomic E-state index is 5.37. The molecule has 0 aliphatic carbocycles. The first-order chi connectivity index (χ1) is 5.43. The Kier molecular flexibility index (Phi) is 5.45. The third kappa shape index (κ3) is 4.25. The van der Waals surface area contributed by atoms with E-state index in [-0.39, 0.29) is 0 Å². The van der Waals surface area contributed by atoms with Gasteiger partial charge in [-0.25, -0.2) is 0 Å². The van der Waals surface area contributed by atoms with Crippen LogP contribution in [0.4, 0.5) is 0 Å². The average Bonchev–Trinajstić information content (AvgIpc) is 2.07. The van der Waals surface area contributed by atoms with Crippen molar-refractivity contribution in [3.05, 3.63) is 0 Å². The van der Waals surface area contributed by atoms with Gasteiger partial charge < -0.3 is 11.1 Å². The quantitative estimate of drug-likeness (QED) is 0.632. The fourth-order valence-corrected chi connectivity index (χ4v) is 3.67. The van der Waals surface area contributed by atoms with Crippen molar-refractivity contribution in [2.24, 2.45) is 5.73 Å². The van der Waals surface area contributed by atoms with Crippen LogP contribution in [0.1, 0.15) is 0 Å². The Bertz CT molecular complexity index is 94.4. The fraction of sp³-hybridized carbons (Fsp3) is 1.00. The number of nitrogens with two attached hydrogens (primary N) is 1. The number of nitrogens with one attached hydrogen (secondary N) is 1. The topological polar surface area (TPSA) is 38.0 Å². The van der Waals surface area contributed by atoms with E-state index in [1.807, 2.05) is 0 Å². The van der Waals surface area contributed by atoms with E-state index in [1.54, 1.807) is 0 Å². The van der Waals surface area contributed by atoms with Gasteiger partial charge in [0.1, 0.15) is 0 Å². The van der Waals surface area contributed by atoms with Gasteiger partial charge in [0.15, 0.2) is 0 Å². The fourth-order valence-electron chi connectivity index (χ4n) is 1.02. The molecule has 0 amide bonds. The minimum atomic E-state index is 0.754. The van der Waals surface area contributed by atoms with Crippen LogP contribution in [0.5, 0.6) is 0 Å². The van der Waals surface area contributed by atoms with Crippen molar-refractivity contribution >= 4 is 23.5 Å². The van der Waals surface area contributed by atoms with E-state index in [0.717, 1.165) is 24.9 Å². The first-order valence-corrected chi connectivity index (χ1v) is 6.24. The molecule has 0 saturated carbocycles. The highest BCUT2D eigenvalue weighted by atomic mass is 32.2. The largest absolute Gasteiger partial charge is 0.329 e. The lowest BCUT2D eigenvalue weighted by Gasteiger charge is -2.20. The van der Waals surface area contributed by atoms with Gasteiger partial charge in [0.2, 0.25) is 0 Å². The van der Waals surface area contributed by atoms with Crippen molar-refractivity contribution in [2.75, 3.05) is 36.9 Å². The molecule has 1 aliphatic rings. The third-order valence-electron chi connectivity index (χ3n) is 1.58. The summed E-state index contributed by atoms with van der Waals surface area (Å²) in [4.78, 5) is 0. The third-order valence-corrected chi connectivity index (χ3v) is 4.42. The van der Waals surface area contributed by atoms with Crippen LogP contribution in [0, 0.1) is 0 Å². The van der Waals surface area contributed by atoms with Gasteiger partial charge in [0.05, 0.1) is 0 Å². The van der Waals surface area contributed by atoms with Crippen molar-refractivity contribution in [3.63, 3.8) is 0 Å². The molecule has 0 aromatic carbocycles. The van der Waals surface area contributed by atoms with Crippen molar-refractivity contribution in [1.82, 2.24) is 5.32 Å². The molecule has 1 heterocycles. The molecule has 1 aliphatic heterocycles. The molecule has 0 aromatic rings. The molecule has 1 saturated heterocycles. The smallest absolute Gasteiger partial charge is 0.0263 e. The Balaban J connectivity index is 1.96. The molecule has 1 rings (SSSR count). The molecule has 0 radical (unpaired) electrons. The number of hydrogen-bond donors (Lipinski definition) is 2. The predicted molar refractivity (Wildman–Crippen MR) is 55.5 cm³/mol. The van der Waals surface area contributed by atoms with E-state index in [9.17, 15) is 0 Å². The molecule has 2 nitrogen and oxygen atoms in total. The number of hydrogen-bond acceptors (Lipinski definition) is 4. The summed E-state index contributed by atoms with van der Waals surface area (Å²) >= 11 is 4.16. The number of thioether (sulfide) groups is 2. The Labute approximate surface area is 77.1 Å². The predicted octanol–water partition coefficient (Wildman–Crippen LogP) is 0.383. The van der Waals surface area contributed by atoms with Crippen LogP contribution in [0.25, 0.3) is 0 Å². The lowest BCUT2D eigenvalue weighted by atomic mass is 10.4. The summed E-state index contributed by atoms with van der Waals surface area (Å²) in [6.07, 6.45) is 0. The van der Waals surface area contributed by atoms with Gasteiger partial charge in [-0.3, -0.25) is 0 Å². The van der Waals surface area contributed by atoms with Crippen molar-refractivity contribution in [3.8, 4) is 0 Å². The van der Waals surface area contributed by atoms with Gasteiger partial charge >= 0.3 is 0 Å². The zero-order chi connectivity index (χ0) is 7.94. The first kappa shape index (κ1) is 9.71. The zero-order valence-electron chi connectivity index (χ0n) is 6.71. The summed E-state index contributed by atoms with van der Waals surface area (Å²) < 4.78 is 0. The van der Waals surface area contributed by atoms with Crippen LogP contribution in [0.15, 0.2) is 0 Å². The van der Waals surface area contributed by atoms with Crippen LogP contribution in [-0.4, -0.2) is 42.1 Å². The van der Waals surface area contributed by atoms with Gasteiger partial charge in [-0.2, -0.15) is 23.5 Å². The highest BCUT2D eigenvalue weighted by Gasteiger charge is 2.12. The van der Waals surface area contributed by atoms with Crippen LogP contribution >= 0.6 is 23.5 Å². The molecule has 11 heavy (non-hydrogen) atoms. The molecule has 1 atom stereocenters. The molecule has 0 aromatic heterocycles. The monoisotopic (exact) mass is 192 g/mol. The minimum absolute atomic E-state index is 0.754. The molecule has 0 bridgehead atoms. The van der Waals surface area contributed by atoms with E-state index in [0.29, 0.717) is 0 Å². The van der Waals surface area contributed by atoms with Crippen LogP contribution < -0.4 is 11.1 Å². The standard InChI is InChI=1S/C7H16N2S2/c8-1-2-9-5-7-6-10-3-4-11-7/h7,9H,1-6,8H2. The lowest BCUT2D eigenvalue weighted by molar-refractivity contribution is 0.688. The van der Waals surface area contributed by atoms with Gasteiger partial charge in [-0.15, -0.1) is 0 Å². The van der Waals surface area contributed by atoms with Crippen molar-refractivity contribution in [2.45, 2.75) is 5.25 Å². The van der Waals surface area contributed by atoms with E-state index < -0.39 is 0 Å². The molecule has 3 N–H and O–H groups in total. The number of rotatable bonds is 4. The second kappa shape index (κ2) is 6.17. The average molecular weight is 192 g/mol. The highest BCUT2D eigenvalue weighted by Crippen LogP contribution is 2.22. The lowest BCUT2D eigenvalue weighted by Crippen LogP contribution is -2.32. The van der Waals surface area contributed by atoms with Crippen molar-refractivity contribution in [1.29, 1.82) is 0 Å².